The molecular formula is C21H22FN3OS. The van der Waals surface area contributed by atoms with Crippen molar-refractivity contribution in [3.8, 4) is 11.3 Å². The van der Waals surface area contributed by atoms with Gasteiger partial charge in [0.25, 0.3) is 0 Å². The molecule has 1 aromatic carbocycles. The number of rotatable bonds is 6. The Morgan fingerprint density at radius 1 is 1.19 bits per heavy atom. The summed E-state index contributed by atoms with van der Waals surface area (Å²) >= 11 is 1.66. The topological polar surface area (TPSA) is 38.2 Å². The van der Waals surface area contributed by atoms with Gasteiger partial charge in [0.05, 0.1) is 30.6 Å². The highest BCUT2D eigenvalue weighted by atomic mass is 32.1. The monoisotopic (exact) mass is 383 g/mol. The van der Waals surface area contributed by atoms with E-state index >= 15 is 0 Å². The largest absolute Gasteiger partial charge is 0.371 e. The second-order valence-electron chi connectivity index (χ2n) is 6.76. The molecule has 6 heteroatoms. The van der Waals surface area contributed by atoms with Gasteiger partial charge in [-0.15, -0.1) is 11.3 Å². The van der Waals surface area contributed by atoms with E-state index in [1.54, 1.807) is 29.7 Å². The maximum absolute atomic E-state index is 13.1. The molecule has 1 fully saturated rings. The molecule has 0 N–H and O–H groups in total. The van der Waals surface area contributed by atoms with Gasteiger partial charge in [-0.1, -0.05) is 6.07 Å². The van der Waals surface area contributed by atoms with Crippen molar-refractivity contribution in [2.24, 2.45) is 0 Å². The van der Waals surface area contributed by atoms with E-state index in [0.717, 1.165) is 54.4 Å². The van der Waals surface area contributed by atoms with Gasteiger partial charge < -0.3 is 4.74 Å². The molecule has 0 bridgehead atoms. The number of benzene rings is 1. The Kier molecular flexibility index (Phi) is 5.87. The van der Waals surface area contributed by atoms with Crippen LogP contribution in [0.25, 0.3) is 11.3 Å². The Hall–Kier alpha value is -2.15. The Balaban J connectivity index is 1.32. The quantitative estimate of drug-likeness (QED) is 0.627. The zero-order chi connectivity index (χ0) is 18.5. The average molecular weight is 383 g/mol. The lowest BCUT2D eigenvalue weighted by Gasteiger charge is -2.32. The van der Waals surface area contributed by atoms with Crippen molar-refractivity contribution in [2.75, 3.05) is 13.1 Å². The minimum absolute atomic E-state index is 0.223. The fourth-order valence-corrected chi connectivity index (χ4v) is 4.15. The first-order chi connectivity index (χ1) is 13.3. The Labute approximate surface area is 162 Å². The van der Waals surface area contributed by atoms with Gasteiger partial charge in [0.15, 0.2) is 0 Å². The van der Waals surface area contributed by atoms with E-state index in [4.69, 9.17) is 9.72 Å². The predicted molar refractivity (Wildman–Crippen MR) is 105 cm³/mol. The molecule has 3 aromatic rings. The summed E-state index contributed by atoms with van der Waals surface area (Å²) in [5, 5.41) is 3.13. The van der Waals surface area contributed by atoms with Crippen LogP contribution in [0.2, 0.25) is 0 Å². The summed E-state index contributed by atoms with van der Waals surface area (Å²) in [7, 11) is 0. The van der Waals surface area contributed by atoms with Gasteiger partial charge in [-0.25, -0.2) is 9.37 Å². The lowest BCUT2D eigenvalue weighted by atomic mass is 10.1. The summed E-state index contributed by atoms with van der Waals surface area (Å²) in [5.41, 5.74) is 2.84. The number of likely N-dealkylation sites (tertiary alicyclic amines) is 1. The summed E-state index contributed by atoms with van der Waals surface area (Å²) in [5.74, 6) is -0.223. The third kappa shape index (κ3) is 4.97. The molecule has 0 saturated carbocycles. The van der Waals surface area contributed by atoms with Crippen LogP contribution in [-0.4, -0.2) is 34.1 Å². The molecule has 0 amide bonds. The smallest absolute Gasteiger partial charge is 0.123 e. The second kappa shape index (κ2) is 8.69. The Bertz CT molecular complexity index is 853. The van der Waals surface area contributed by atoms with Crippen LogP contribution in [0.4, 0.5) is 4.39 Å². The lowest BCUT2D eigenvalue weighted by Crippen LogP contribution is -2.39. The van der Waals surface area contributed by atoms with Gasteiger partial charge in [0.1, 0.15) is 10.8 Å². The number of piperidine rings is 1. The maximum atomic E-state index is 13.1. The van der Waals surface area contributed by atoms with E-state index in [-0.39, 0.29) is 11.9 Å². The van der Waals surface area contributed by atoms with E-state index < -0.39 is 0 Å². The molecule has 4 rings (SSSR count). The first-order valence-corrected chi connectivity index (χ1v) is 10.1. The van der Waals surface area contributed by atoms with Crippen LogP contribution in [0.1, 0.15) is 23.5 Å². The van der Waals surface area contributed by atoms with E-state index in [0.29, 0.717) is 6.61 Å². The first kappa shape index (κ1) is 18.2. The van der Waals surface area contributed by atoms with E-state index in [1.165, 1.54) is 12.1 Å². The number of ether oxygens (including phenoxy) is 1. The summed E-state index contributed by atoms with van der Waals surface area (Å²) in [6, 6.07) is 12.4. The molecule has 140 valence electrons. The lowest BCUT2D eigenvalue weighted by molar-refractivity contribution is -0.0132. The highest BCUT2D eigenvalue weighted by molar-refractivity contribution is 7.09. The van der Waals surface area contributed by atoms with Crippen LogP contribution in [0.5, 0.6) is 0 Å². The highest BCUT2D eigenvalue weighted by Gasteiger charge is 2.21. The fourth-order valence-electron chi connectivity index (χ4n) is 3.31. The predicted octanol–water partition coefficient (Wildman–Crippen LogP) is 4.53. The van der Waals surface area contributed by atoms with Crippen LogP contribution >= 0.6 is 11.3 Å². The minimum atomic E-state index is -0.223. The zero-order valence-corrected chi connectivity index (χ0v) is 15.9. The van der Waals surface area contributed by atoms with Gasteiger partial charge in [-0.3, -0.25) is 9.88 Å². The zero-order valence-electron chi connectivity index (χ0n) is 15.1. The third-order valence-electron chi connectivity index (χ3n) is 4.71. The Morgan fingerprint density at radius 3 is 2.89 bits per heavy atom. The van der Waals surface area contributed by atoms with E-state index in [9.17, 15) is 4.39 Å². The van der Waals surface area contributed by atoms with Gasteiger partial charge in [0, 0.05) is 23.7 Å². The van der Waals surface area contributed by atoms with Crippen molar-refractivity contribution >= 4 is 11.3 Å². The molecular weight excluding hydrogens is 361 g/mol. The normalized spacial score (nSPS) is 17.9. The second-order valence-corrected chi connectivity index (χ2v) is 7.71. The Morgan fingerprint density at radius 2 is 2.07 bits per heavy atom. The molecule has 0 spiro atoms. The molecule has 1 atom stereocenters. The summed E-state index contributed by atoms with van der Waals surface area (Å²) in [6.45, 7) is 3.37. The number of hydrogen-bond acceptors (Lipinski definition) is 5. The molecule has 27 heavy (non-hydrogen) atoms. The van der Waals surface area contributed by atoms with Gasteiger partial charge in [0.2, 0.25) is 0 Å². The number of aromatic nitrogens is 2. The molecule has 1 unspecified atom stereocenters. The van der Waals surface area contributed by atoms with Gasteiger partial charge >= 0.3 is 0 Å². The molecule has 4 nitrogen and oxygen atoms in total. The molecule has 0 radical (unpaired) electrons. The SMILES string of the molecule is Fc1ccc(-c2csc(CN3CCCC(OCc4ccccn4)C3)n2)cc1. The number of nitrogens with zero attached hydrogens (tertiary/aromatic N) is 3. The van der Waals surface area contributed by atoms with Gasteiger partial charge in [-0.05, 0) is 55.8 Å². The summed E-state index contributed by atoms with van der Waals surface area (Å²) in [6.07, 6.45) is 4.25. The number of pyridine rings is 1. The fraction of sp³-hybridized carbons (Fsp3) is 0.333. The van der Waals surface area contributed by atoms with Gasteiger partial charge in [-0.2, -0.15) is 0 Å². The highest BCUT2D eigenvalue weighted by Crippen LogP contribution is 2.24. The number of thiazole rings is 1. The molecule has 1 aliphatic heterocycles. The van der Waals surface area contributed by atoms with Crippen LogP contribution in [0.3, 0.4) is 0 Å². The van der Waals surface area contributed by atoms with Crippen LogP contribution in [0.15, 0.2) is 54.0 Å². The number of halogens is 1. The standard InChI is InChI=1S/C21H22FN3OS/c22-17-8-6-16(7-9-17)20-15-27-21(24-20)13-25-11-3-5-19(12-25)26-14-18-4-1-2-10-23-18/h1-2,4,6-10,15,19H,3,5,11-14H2. The van der Waals surface area contributed by atoms with Crippen molar-refractivity contribution in [1.82, 2.24) is 14.9 Å². The first-order valence-electron chi connectivity index (χ1n) is 9.20. The molecule has 3 heterocycles. The van der Waals surface area contributed by atoms with Crippen molar-refractivity contribution in [2.45, 2.75) is 32.1 Å². The maximum Gasteiger partial charge on any atom is 0.123 e. The minimum Gasteiger partial charge on any atom is -0.371 e. The van der Waals surface area contributed by atoms with Crippen molar-refractivity contribution in [3.05, 3.63) is 70.6 Å². The third-order valence-corrected chi connectivity index (χ3v) is 5.54. The van der Waals surface area contributed by atoms with E-state index in [1.807, 2.05) is 23.6 Å². The van der Waals surface area contributed by atoms with Crippen molar-refractivity contribution in [1.29, 1.82) is 0 Å². The van der Waals surface area contributed by atoms with Crippen molar-refractivity contribution < 1.29 is 9.13 Å². The number of hydrogen-bond donors (Lipinski definition) is 0. The van der Waals surface area contributed by atoms with Crippen molar-refractivity contribution in [3.63, 3.8) is 0 Å². The summed E-state index contributed by atoms with van der Waals surface area (Å²) < 4.78 is 19.2. The molecule has 1 saturated heterocycles. The molecule has 0 aliphatic carbocycles. The molecule has 2 aromatic heterocycles. The average Bonchev–Trinajstić information content (AvgIpc) is 3.16. The summed E-state index contributed by atoms with van der Waals surface area (Å²) in [4.78, 5) is 11.4. The van der Waals surface area contributed by atoms with Crippen LogP contribution in [0, 0.1) is 5.82 Å². The van der Waals surface area contributed by atoms with E-state index in [2.05, 4.69) is 9.88 Å². The van der Waals surface area contributed by atoms with Crippen LogP contribution in [-0.2, 0) is 17.9 Å². The van der Waals surface area contributed by atoms with Crippen LogP contribution < -0.4 is 0 Å². The molecule has 1 aliphatic rings.